The van der Waals surface area contributed by atoms with Gasteiger partial charge >= 0.3 is 12.0 Å². The zero-order valence-electron chi connectivity index (χ0n) is 24.4. The maximum atomic E-state index is 14.4. The van der Waals surface area contributed by atoms with Gasteiger partial charge in [-0.1, -0.05) is 80.6 Å². The van der Waals surface area contributed by atoms with Gasteiger partial charge in [-0.2, -0.15) is 0 Å². The molecule has 5 rings (SSSR count). The molecule has 0 unspecified atom stereocenters. The highest BCUT2D eigenvalue weighted by Crippen LogP contribution is 2.40. The van der Waals surface area contributed by atoms with Crippen LogP contribution in [0.5, 0.6) is 11.5 Å². The summed E-state index contributed by atoms with van der Waals surface area (Å²) in [5.41, 5.74) is 0.588. The Balaban J connectivity index is 1.51. The molecule has 3 aromatic rings. The van der Waals surface area contributed by atoms with E-state index in [2.05, 4.69) is 5.32 Å². The van der Waals surface area contributed by atoms with Crippen LogP contribution in [0, 0.1) is 5.92 Å². The van der Waals surface area contributed by atoms with Crippen LogP contribution in [0.15, 0.2) is 78.9 Å². The minimum atomic E-state index is -1.37. The average molecular weight is 586 g/mol. The Labute approximate surface area is 250 Å². The third-order valence-electron chi connectivity index (χ3n) is 7.93. The second-order valence-electron chi connectivity index (χ2n) is 11.4. The Morgan fingerprint density at radius 1 is 0.953 bits per heavy atom. The highest BCUT2D eigenvalue weighted by atomic mass is 16.7. The number of aliphatic carboxylic acids is 1. The molecular formula is C33H35N3O7. The lowest BCUT2D eigenvalue weighted by Crippen LogP contribution is -2.52. The van der Waals surface area contributed by atoms with Crippen LogP contribution < -0.4 is 14.8 Å². The van der Waals surface area contributed by atoms with Crippen LogP contribution in [0.2, 0.25) is 0 Å². The van der Waals surface area contributed by atoms with Gasteiger partial charge in [0, 0.05) is 6.54 Å². The molecule has 10 heteroatoms. The topological polar surface area (TPSA) is 125 Å². The van der Waals surface area contributed by atoms with Crippen molar-refractivity contribution in [2.75, 3.05) is 6.79 Å². The van der Waals surface area contributed by atoms with Crippen molar-refractivity contribution >= 4 is 23.8 Å². The third-order valence-corrected chi connectivity index (χ3v) is 7.93. The van der Waals surface area contributed by atoms with Crippen LogP contribution >= 0.6 is 0 Å². The first-order valence-electron chi connectivity index (χ1n) is 14.3. The van der Waals surface area contributed by atoms with Crippen molar-refractivity contribution < 1.29 is 33.8 Å². The summed E-state index contributed by atoms with van der Waals surface area (Å²) in [7, 11) is 0. The fourth-order valence-electron chi connectivity index (χ4n) is 5.67. The maximum absolute atomic E-state index is 14.4. The summed E-state index contributed by atoms with van der Waals surface area (Å²) >= 11 is 0. The molecule has 43 heavy (non-hydrogen) atoms. The molecule has 1 saturated heterocycles. The van der Waals surface area contributed by atoms with E-state index in [1.807, 2.05) is 62.4 Å². The number of hydrogen-bond donors (Lipinski definition) is 2. The number of carbonyl (C=O) groups is 4. The highest BCUT2D eigenvalue weighted by Gasteiger charge is 2.58. The lowest BCUT2D eigenvalue weighted by molar-refractivity contribution is -0.141. The fourth-order valence-corrected chi connectivity index (χ4v) is 5.67. The molecule has 0 aromatic heterocycles. The van der Waals surface area contributed by atoms with Gasteiger partial charge in [0.1, 0.15) is 11.6 Å². The Hall–Kier alpha value is -4.86. The normalized spacial score (nSPS) is 19.1. The molecule has 0 saturated carbocycles. The van der Waals surface area contributed by atoms with Gasteiger partial charge in [-0.25, -0.2) is 9.69 Å². The highest BCUT2D eigenvalue weighted by molar-refractivity contribution is 6.10. The van der Waals surface area contributed by atoms with E-state index in [0.717, 1.165) is 10.5 Å². The monoisotopic (exact) mass is 585 g/mol. The van der Waals surface area contributed by atoms with Gasteiger partial charge in [0.2, 0.25) is 12.7 Å². The smallest absolute Gasteiger partial charge is 0.329 e. The van der Waals surface area contributed by atoms with E-state index in [1.54, 1.807) is 37.3 Å². The minimum absolute atomic E-state index is 0.0457. The number of nitrogens with zero attached hydrogens (tertiary/aromatic N) is 2. The van der Waals surface area contributed by atoms with E-state index in [1.165, 1.54) is 4.90 Å². The van der Waals surface area contributed by atoms with E-state index in [4.69, 9.17) is 9.47 Å². The van der Waals surface area contributed by atoms with Crippen LogP contribution in [0.25, 0.3) is 0 Å². The van der Waals surface area contributed by atoms with Crippen molar-refractivity contribution in [3.05, 3.63) is 95.6 Å². The largest absolute Gasteiger partial charge is 0.481 e. The number of carboxylic acid groups (broad SMARTS) is 1. The van der Waals surface area contributed by atoms with E-state index >= 15 is 0 Å². The third kappa shape index (κ3) is 5.90. The quantitative estimate of drug-likeness (QED) is 0.309. The molecule has 0 bridgehead atoms. The van der Waals surface area contributed by atoms with E-state index in [0.29, 0.717) is 22.6 Å². The van der Waals surface area contributed by atoms with Gasteiger partial charge in [0.25, 0.3) is 5.91 Å². The van der Waals surface area contributed by atoms with Crippen molar-refractivity contribution in [1.29, 1.82) is 0 Å². The van der Waals surface area contributed by atoms with Crippen LogP contribution in [-0.4, -0.2) is 51.6 Å². The number of carboxylic acids is 1. The van der Waals surface area contributed by atoms with Gasteiger partial charge in [0.15, 0.2) is 11.5 Å². The number of nitrogens with one attached hydrogen (secondary N) is 1. The van der Waals surface area contributed by atoms with Crippen LogP contribution in [0.4, 0.5) is 4.79 Å². The van der Waals surface area contributed by atoms with Crippen LogP contribution in [0.1, 0.15) is 56.3 Å². The predicted octanol–water partition coefficient (Wildman–Crippen LogP) is 4.84. The molecule has 2 aliphatic heterocycles. The molecule has 2 aliphatic rings. The summed E-state index contributed by atoms with van der Waals surface area (Å²) in [6.07, 6.45) is -0.224. The molecule has 0 aliphatic carbocycles. The number of hydrogen-bond acceptors (Lipinski definition) is 6. The zero-order chi connectivity index (χ0) is 30.7. The molecule has 2 heterocycles. The number of benzene rings is 3. The number of urea groups is 1. The summed E-state index contributed by atoms with van der Waals surface area (Å²) in [4.78, 5) is 57.1. The fraction of sp³-hybridized carbons (Fsp3) is 0.333. The Bertz CT molecular complexity index is 1510. The SMILES string of the molecule is CC(C)C[C@H](C(=O)N[C@H](CC(=O)O)c1ccc2c(c1)OCO2)N1C(=O)N(Cc2ccccc2)[C@@](C)(c2ccccc2)C1=O. The second-order valence-corrected chi connectivity index (χ2v) is 11.4. The van der Waals surface area contributed by atoms with Crippen molar-refractivity contribution in [3.8, 4) is 11.5 Å². The molecule has 2 N–H and O–H groups in total. The van der Waals surface area contributed by atoms with E-state index < -0.39 is 47.9 Å². The number of amides is 4. The molecule has 4 amide bonds. The van der Waals surface area contributed by atoms with Crippen molar-refractivity contribution in [3.63, 3.8) is 0 Å². The van der Waals surface area contributed by atoms with Crippen molar-refractivity contribution in [2.45, 2.75) is 57.8 Å². The Kier molecular flexibility index (Phi) is 8.38. The lowest BCUT2D eigenvalue weighted by Gasteiger charge is -2.32. The minimum Gasteiger partial charge on any atom is -0.481 e. The first-order chi connectivity index (χ1) is 20.6. The van der Waals surface area contributed by atoms with E-state index in [-0.39, 0.29) is 25.7 Å². The second kappa shape index (κ2) is 12.2. The predicted molar refractivity (Wildman–Crippen MR) is 157 cm³/mol. The van der Waals surface area contributed by atoms with Crippen molar-refractivity contribution in [1.82, 2.24) is 15.1 Å². The van der Waals surface area contributed by atoms with Gasteiger partial charge in [-0.05, 0) is 48.1 Å². The molecule has 1 fully saturated rings. The van der Waals surface area contributed by atoms with E-state index in [9.17, 15) is 24.3 Å². The maximum Gasteiger partial charge on any atom is 0.329 e. The summed E-state index contributed by atoms with van der Waals surface area (Å²) in [6, 6.07) is 20.7. The van der Waals surface area contributed by atoms with Crippen molar-refractivity contribution in [2.24, 2.45) is 5.92 Å². The average Bonchev–Trinajstić information content (AvgIpc) is 3.53. The Morgan fingerprint density at radius 3 is 2.26 bits per heavy atom. The number of imide groups is 1. The number of carbonyl (C=O) groups excluding carboxylic acids is 3. The van der Waals surface area contributed by atoms with Crippen LogP contribution in [-0.2, 0) is 26.5 Å². The molecule has 10 nitrogen and oxygen atoms in total. The number of rotatable bonds is 11. The summed E-state index contributed by atoms with van der Waals surface area (Å²) < 4.78 is 10.8. The number of ether oxygens (including phenoxy) is 2. The standard InChI is InChI=1S/C33H35N3O7/c1-21(2)16-26(30(39)34-25(18-29(37)38)23-14-15-27-28(17-23)43-20-42-27)36-31(40)33(3,24-12-8-5-9-13-24)35(32(36)41)19-22-10-6-4-7-11-22/h4-15,17,21,25-26H,16,18-20H2,1-3H3,(H,34,39)(H,37,38)/t25-,26-,33+/m1/s1. The first-order valence-corrected chi connectivity index (χ1v) is 14.3. The molecule has 0 radical (unpaired) electrons. The Morgan fingerprint density at radius 2 is 1.60 bits per heavy atom. The van der Waals surface area contributed by atoms with Gasteiger partial charge < -0.3 is 24.8 Å². The zero-order valence-corrected chi connectivity index (χ0v) is 24.4. The molecule has 3 aromatic carbocycles. The van der Waals surface area contributed by atoms with Crippen LogP contribution in [0.3, 0.4) is 0 Å². The van der Waals surface area contributed by atoms with Gasteiger partial charge in [-0.15, -0.1) is 0 Å². The number of fused-ring (bicyclic) bond motifs is 1. The molecule has 224 valence electrons. The van der Waals surface area contributed by atoms with Gasteiger partial charge in [0.05, 0.1) is 12.5 Å². The lowest BCUT2D eigenvalue weighted by atomic mass is 9.89. The summed E-state index contributed by atoms with van der Waals surface area (Å²) in [5.74, 6) is -1.35. The molecular weight excluding hydrogens is 550 g/mol. The van der Waals surface area contributed by atoms with Gasteiger partial charge in [-0.3, -0.25) is 14.4 Å². The first kappa shape index (κ1) is 29.6. The summed E-state index contributed by atoms with van der Waals surface area (Å²) in [5, 5.41) is 12.5. The summed E-state index contributed by atoms with van der Waals surface area (Å²) in [6.45, 7) is 5.70. The molecule has 0 spiro atoms. The molecule has 3 atom stereocenters.